The van der Waals surface area contributed by atoms with Crippen molar-refractivity contribution < 1.29 is 0 Å². The lowest BCUT2D eigenvalue weighted by Crippen LogP contribution is -2.24. The van der Waals surface area contributed by atoms with E-state index in [1.165, 1.54) is 0 Å². The fraction of sp³-hybridized carbons (Fsp3) is 0.667. The molecular formula is C9H17N3. The Morgan fingerprint density at radius 1 is 1.58 bits per heavy atom. The highest BCUT2D eigenvalue weighted by molar-refractivity contribution is 4.96. The first-order valence-electron chi connectivity index (χ1n) is 4.38. The lowest BCUT2D eigenvalue weighted by atomic mass is 10.3. The SMILES string of the molecule is CC(C)NCCc1cn(C)cn1. The second kappa shape index (κ2) is 4.26. The first-order valence-corrected chi connectivity index (χ1v) is 4.38. The minimum absolute atomic E-state index is 0.564. The predicted molar refractivity (Wildman–Crippen MR) is 50.1 cm³/mol. The van der Waals surface area contributed by atoms with Crippen molar-refractivity contribution in [1.29, 1.82) is 0 Å². The number of hydrogen-bond acceptors (Lipinski definition) is 2. The smallest absolute Gasteiger partial charge is 0.0946 e. The maximum Gasteiger partial charge on any atom is 0.0946 e. The molecule has 0 saturated carbocycles. The van der Waals surface area contributed by atoms with Crippen LogP contribution in [0, 0.1) is 0 Å². The van der Waals surface area contributed by atoms with Crippen molar-refractivity contribution in [1.82, 2.24) is 14.9 Å². The summed E-state index contributed by atoms with van der Waals surface area (Å²) < 4.78 is 1.98. The molecule has 1 N–H and O–H groups in total. The minimum Gasteiger partial charge on any atom is -0.340 e. The molecule has 1 heterocycles. The van der Waals surface area contributed by atoms with E-state index in [0.29, 0.717) is 6.04 Å². The van der Waals surface area contributed by atoms with E-state index >= 15 is 0 Å². The highest BCUT2D eigenvalue weighted by Gasteiger charge is 1.96. The molecule has 0 saturated heterocycles. The lowest BCUT2D eigenvalue weighted by Gasteiger charge is -2.05. The molecular weight excluding hydrogens is 150 g/mol. The van der Waals surface area contributed by atoms with E-state index < -0.39 is 0 Å². The van der Waals surface area contributed by atoms with Crippen LogP contribution in [-0.4, -0.2) is 22.1 Å². The van der Waals surface area contributed by atoms with Gasteiger partial charge in [-0.05, 0) is 0 Å². The molecule has 0 unspecified atom stereocenters. The normalized spacial score (nSPS) is 11.0. The minimum atomic E-state index is 0.564. The number of imidazole rings is 1. The average Bonchev–Trinajstić information content (AvgIpc) is 2.35. The third kappa shape index (κ3) is 3.05. The van der Waals surface area contributed by atoms with Crippen LogP contribution in [0.25, 0.3) is 0 Å². The fourth-order valence-corrected chi connectivity index (χ4v) is 1.08. The third-order valence-electron chi connectivity index (χ3n) is 1.69. The first kappa shape index (κ1) is 9.26. The van der Waals surface area contributed by atoms with Gasteiger partial charge in [0, 0.05) is 32.3 Å². The molecule has 12 heavy (non-hydrogen) atoms. The summed E-state index contributed by atoms with van der Waals surface area (Å²) >= 11 is 0. The van der Waals surface area contributed by atoms with Gasteiger partial charge in [-0.2, -0.15) is 0 Å². The van der Waals surface area contributed by atoms with Crippen LogP contribution in [0.2, 0.25) is 0 Å². The van der Waals surface area contributed by atoms with Crippen molar-refractivity contribution in [3.05, 3.63) is 18.2 Å². The van der Waals surface area contributed by atoms with Gasteiger partial charge >= 0.3 is 0 Å². The summed E-state index contributed by atoms with van der Waals surface area (Å²) in [6.45, 7) is 5.31. The molecule has 0 amide bonds. The van der Waals surface area contributed by atoms with Gasteiger partial charge in [-0.25, -0.2) is 4.98 Å². The van der Waals surface area contributed by atoms with Crippen LogP contribution < -0.4 is 5.32 Å². The number of nitrogens with zero attached hydrogens (tertiary/aromatic N) is 2. The van der Waals surface area contributed by atoms with E-state index in [2.05, 4.69) is 30.3 Å². The molecule has 3 heteroatoms. The summed E-state index contributed by atoms with van der Waals surface area (Å²) in [4.78, 5) is 4.24. The Hall–Kier alpha value is -0.830. The van der Waals surface area contributed by atoms with Crippen LogP contribution in [0.3, 0.4) is 0 Å². The Bertz CT molecular complexity index is 227. The Morgan fingerprint density at radius 2 is 2.33 bits per heavy atom. The van der Waals surface area contributed by atoms with Crippen LogP contribution >= 0.6 is 0 Å². The highest BCUT2D eigenvalue weighted by atomic mass is 15.0. The molecule has 0 aliphatic carbocycles. The molecule has 0 fully saturated rings. The Morgan fingerprint density at radius 3 is 2.83 bits per heavy atom. The molecule has 0 aliphatic heterocycles. The van der Waals surface area contributed by atoms with Crippen molar-refractivity contribution in [3.63, 3.8) is 0 Å². The van der Waals surface area contributed by atoms with E-state index in [4.69, 9.17) is 0 Å². The molecule has 1 rings (SSSR count). The molecule has 1 aromatic rings. The quantitative estimate of drug-likeness (QED) is 0.724. The second-order valence-corrected chi connectivity index (χ2v) is 3.39. The summed E-state index contributed by atoms with van der Waals surface area (Å²) in [6.07, 6.45) is 4.91. The van der Waals surface area contributed by atoms with Gasteiger partial charge in [0.2, 0.25) is 0 Å². The zero-order valence-corrected chi connectivity index (χ0v) is 8.04. The number of hydrogen-bond donors (Lipinski definition) is 1. The van der Waals surface area contributed by atoms with Gasteiger partial charge in [0.1, 0.15) is 0 Å². The van der Waals surface area contributed by atoms with Crippen LogP contribution in [0.15, 0.2) is 12.5 Å². The Kier molecular flexibility index (Phi) is 3.29. The second-order valence-electron chi connectivity index (χ2n) is 3.39. The molecule has 3 nitrogen and oxygen atoms in total. The fourth-order valence-electron chi connectivity index (χ4n) is 1.08. The van der Waals surface area contributed by atoms with Crippen LogP contribution in [0.5, 0.6) is 0 Å². The highest BCUT2D eigenvalue weighted by Crippen LogP contribution is 1.94. The van der Waals surface area contributed by atoms with Gasteiger partial charge in [0.15, 0.2) is 0 Å². The summed E-state index contributed by atoms with van der Waals surface area (Å²) in [7, 11) is 1.99. The van der Waals surface area contributed by atoms with Gasteiger partial charge in [-0.15, -0.1) is 0 Å². The van der Waals surface area contributed by atoms with Crippen molar-refractivity contribution in [3.8, 4) is 0 Å². The zero-order chi connectivity index (χ0) is 8.97. The first-order chi connectivity index (χ1) is 5.68. The molecule has 1 aromatic heterocycles. The number of nitrogens with one attached hydrogen (secondary N) is 1. The summed E-state index contributed by atoms with van der Waals surface area (Å²) in [5.74, 6) is 0. The zero-order valence-electron chi connectivity index (χ0n) is 8.04. The molecule has 0 aromatic carbocycles. The average molecular weight is 167 g/mol. The Labute approximate surface area is 73.8 Å². The monoisotopic (exact) mass is 167 g/mol. The van der Waals surface area contributed by atoms with Gasteiger partial charge in [-0.3, -0.25) is 0 Å². The molecule has 0 aliphatic rings. The van der Waals surface area contributed by atoms with Crippen molar-refractivity contribution >= 4 is 0 Å². The standard InChI is InChI=1S/C9H17N3/c1-8(2)10-5-4-9-6-12(3)7-11-9/h6-8,10H,4-5H2,1-3H3. The van der Waals surface area contributed by atoms with Gasteiger partial charge in [0.25, 0.3) is 0 Å². The predicted octanol–water partition coefficient (Wildman–Crippen LogP) is 0.961. The third-order valence-corrected chi connectivity index (χ3v) is 1.69. The molecule has 0 bridgehead atoms. The summed E-state index contributed by atoms with van der Waals surface area (Å²) in [5.41, 5.74) is 1.16. The molecule has 68 valence electrons. The topological polar surface area (TPSA) is 29.9 Å². The van der Waals surface area contributed by atoms with Crippen molar-refractivity contribution in [2.45, 2.75) is 26.3 Å². The summed E-state index contributed by atoms with van der Waals surface area (Å²) in [5, 5.41) is 3.35. The number of aryl methyl sites for hydroxylation is 1. The molecule has 0 radical (unpaired) electrons. The van der Waals surface area contributed by atoms with Crippen LogP contribution in [0.4, 0.5) is 0 Å². The van der Waals surface area contributed by atoms with E-state index in [1.54, 1.807) is 0 Å². The van der Waals surface area contributed by atoms with Crippen molar-refractivity contribution in [2.75, 3.05) is 6.54 Å². The number of aromatic nitrogens is 2. The number of rotatable bonds is 4. The largest absolute Gasteiger partial charge is 0.340 e. The molecule has 0 spiro atoms. The van der Waals surface area contributed by atoms with Crippen molar-refractivity contribution in [2.24, 2.45) is 7.05 Å². The summed E-state index contributed by atoms with van der Waals surface area (Å²) in [6, 6.07) is 0.564. The molecule has 0 atom stereocenters. The maximum absolute atomic E-state index is 4.24. The Balaban J connectivity index is 2.24. The van der Waals surface area contributed by atoms with E-state index in [1.807, 2.05) is 17.9 Å². The van der Waals surface area contributed by atoms with E-state index in [-0.39, 0.29) is 0 Å². The maximum atomic E-state index is 4.24. The van der Waals surface area contributed by atoms with Gasteiger partial charge in [-0.1, -0.05) is 13.8 Å². The lowest BCUT2D eigenvalue weighted by molar-refractivity contribution is 0.587. The van der Waals surface area contributed by atoms with E-state index in [9.17, 15) is 0 Å². The van der Waals surface area contributed by atoms with Gasteiger partial charge < -0.3 is 9.88 Å². The van der Waals surface area contributed by atoms with Crippen LogP contribution in [0.1, 0.15) is 19.5 Å². The van der Waals surface area contributed by atoms with E-state index in [0.717, 1.165) is 18.7 Å². The van der Waals surface area contributed by atoms with Gasteiger partial charge in [0.05, 0.1) is 12.0 Å². The van der Waals surface area contributed by atoms with Crippen LogP contribution in [-0.2, 0) is 13.5 Å².